The summed E-state index contributed by atoms with van der Waals surface area (Å²) in [7, 11) is 0. The molecule has 158 valence electrons. The zero-order chi connectivity index (χ0) is 20.9. The molecule has 2 aromatic rings. The molecule has 4 rings (SSSR count). The molecule has 1 aliphatic carbocycles. The summed E-state index contributed by atoms with van der Waals surface area (Å²) in [4.78, 5) is 25.3. The molecular weight excluding hydrogens is 372 g/mol. The van der Waals surface area contributed by atoms with Gasteiger partial charge in [0, 0.05) is 11.1 Å². The first-order valence-corrected chi connectivity index (χ1v) is 10.9. The lowest BCUT2D eigenvalue weighted by Crippen LogP contribution is -2.31. The van der Waals surface area contributed by atoms with Crippen LogP contribution in [0, 0.1) is 5.92 Å². The van der Waals surface area contributed by atoms with Crippen LogP contribution in [0.5, 0.6) is 0 Å². The summed E-state index contributed by atoms with van der Waals surface area (Å²) in [6, 6.07) is 0. The lowest BCUT2D eigenvalue weighted by Gasteiger charge is -2.27. The van der Waals surface area contributed by atoms with Gasteiger partial charge >= 0.3 is 11.9 Å². The molecule has 6 nitrogen and oxygen atoms in total. The largest absolute Gasteiger partial charge is 0.478 e. The van der Waals surface area contributed by atoms with Crippen LogP contribution in [0.25, 0.3) is 11.2 Å². The van der Waals surface area contributed by atoms with Crippen molar-refractivity contribution in [1.82, 2.24) is 0 Å². The molecule has 2 unspecified atom stereocenters. The predicted molar refractivity (Wildman–Crippen MR) is 108 cm³/mol. The number of carbonyl (C=O) groups is 2. The molecule has 29 heavy (non-hydrogen) atoms. The lowest BCUT2D eigenvalue weighted by molar-refractivity contribution is -0.0186. The van der Waals surface area contributed by atoms with E-state index in [9.17, 15) is 14.7 Å². The highest BCUT2D eigenvalue weighted by molar-refractivity contribution is 6.14. The summed E-state index contributed by atoms with van der Waals surface area (Å²) >= 11 is 0. The SMILES string of the molecule is CCCC1OC(C(C)C)c2c1c1oc2c(C(=O)OC2(CC)CCCC2)c1C(=O)O. The second kappa shape index (κ2) is 7.31. The van der Waals surface area contributed by atoms with E-state index in [-0.39, 0.29) is 34.8 Å². The van der Waals surface area contributed by atoms with Crippen LogP contribution in [0.2, 0.25) is 0 Å². The van der Waals surface area contributed by atoms with Gasteiger partial charge in [-0.2, -0.15) is 0 Å². The third-order valence-corrected chi connectivity index (χ3v) is 6.65. The Morgan fingerprint density at radius 3 is 2.34 bits per heavy atom. The van der Waals surface area contributed by atoms with E-state index in [0.717, 1.165) is 56.1 Å². The van der Waals surface area contributed by atoms with Gasteiger partial charge in [-0.1, -0.05) is 34.1 Å². The first kappa shape index (κ1) is 20.2. The molecule has 0 spiro atoms. The Kier molecular flexibility index (Phi) is 5.09. The molecule has 2 aliphatic rings. The van der Waals surface area contributed by atoms with Crippen molar-refractivity contribution in [3.05, 3.63) is 22.3 Å². The van der Waals surface area contributed by atoms with Gasteiger partial charge in [0.25, 0.3) is 0 Å². The fraction of sp³-hybridized carbons (Fsp3) is 0.652. The Bertz CT molecular complexity index is 917. The van der Waals surface area contributed by atoms with Crippen LogP contribution in [-0.2, 0) is 9.47 Å². The van der Waals surface area contributed by atoms with Gasteiger partial charge in [-0.25, -0.2) is 9.59 Å². The van der Waals surface area contributed by atoms with E-state index in [4.69, 9.17) is 13.9 Å². The zero-order valence-corrected chi connectivity index (χ0v) is 17.7. The van der Waals surface area contributed by atoms with Crippen molar-refractivity contribution >= 4 is 23.1 Å². The summed E-state index contributed by atoms with van der Waals surface area (Å²) in [5, 5.41) is 9.90. The normalized spacial score (nSPS) is 23.2. The van der Waals surface area contributed by atoms with Crippen molar-refractivity contribution in [2.45, 2.75) is 90.4 Å². The minimum atomic E-state index is -1.16. The number of carboxylic acids is 1. The van der Waals surface area contributed by atoms with E-state index in [1.165, 1.54) is 0 Å². The van der Waals surface area contributed by atoms with Crippen molar-refractivity contribution in [3.8, 4) is 0 Å². The van der Waals surface area contributed by atoms with Crippen LogP contribution >= 0.6 is 0 Å². The maximum absolute atomic E-state index is 13.2. The third-order valence-electron chi connectivity index (χ3n) is 6.65. The Balaban J connectivity index is 1.83. The number of aromatic carboxylic acids is 1. The highest BCUT2D eigenvalue weighted by Crippen LogP contribution is 2.54. The van der Waals surface area contributed by atoms with Gasteiger partial charge in [0.15, 0.2) is 0 Å². The molecule has 0 radical (unpaired) electrons. The van der Waals surface area contributed by atoms with Crippen LogP contribution in [0.15, 0.2) is 4.42 Å². The van der Waals surface area contributed by atoms with Gasteiger partial charge in [0.1, 0.15) is 27.9 Å². The topological polar surface area (TPSA) is 86.0 Å². The lowest BCUT2D eigenvalue weighted by atomic mass is 9.90. The van der Waals surface area contributed by atoms with Gasteiger partial charge in [-0.3, -0.25) is 0 Å². The maximum Gasteiger partial charge on any atom is 0.343 e. The van der Waals surface area contributed by atoms with Gasteiger partial charge in [-0.15, -0.1) is 0 Å². The van der Waals surface area contributed by atoms with Gasteiger partial charge in [0.05, 0.1) is 12.2 Å². The van der Waals surface area contributed by atoms with Gasteiger partial charge in [0.2, 0.25) is 0 Å². The number of carbonyl (C=O) groups excluding carboxylic acids is 1. The first-order valence-electron chi connectivity index (χ1n) is 10.9. The molecule has 0 saturated heterocycles. The van der Waals surface area contributed by atoms with E-state index < -0.39 is 17.5 Å². The van der Waals surface area contributed by atoms with Crippen molar-refractivity contribution in [1.29, 1.82) is 0 Å². The molecule has 1 N–H and O–H groups in total. The smallest absolute Gasteiger partial charge is 0.343 e. The molecule has 1 saturated carbocycles. The number of carboxylic acid groups (broad SMARTS) is 1. The summed E-state index contributed by atoms with van der Waals surface area (Å²) < 4.78 is 18.2. The molecule has 0 amide bonds. The van der Waals surface area contributed by atoms with Gasteiger partial charge in [-0.05, 0) is 44.4 Å². The Morgan fingerprint density at radius 2 is 1.79 bits per heavy atom. The predicted octanol–water partition coefficient (Wildman–Crippen LogP) is 6.02. The number of rotatable bonds is 7. The van der Waals surface area contributed by atoms with Crippen LogP contribution in [0.3, 0.4) is 0 Å². The number of esters is 1. The van der Waals surface area contributed by atoms with Crippen molar-refractivity contribution in [2.75, 3.05) is 0 Å². The van der Waals surface area contributed by atoms with E-state index in [2.05, 4.69) is 20.8 Å². The monoisotopic (exact) mass is 402 g/mol. The summed E-state index contributed by atoms with van der Waals surface area (Å²) in [5.41, 5.74) is 1.81. The highest BCUT2D eigenvalue weighted by Gasteiger charge is 2.46. The minimum absolute atomic E-state index is 0.0670. The van der Waals surface area contributed by atoms with Crippen LogP contribution in [0.1, 0.15) is 117 Å². The number of furan rings is 2. The van der Waals surface area contributed by atoms with Crippen LogP contribution in [-0.4, -0.2) is 22.6 Å². The maximum atomic E-state index is 13.2. The molecule has 2 atom stereocenters. The second-order valence-corrected chi connectivity index (χ2v) is 8.85. The Hall–Kier alpha value is -2.08. The fourth-order valence-electron chi connectivity index (χ4n) is 5.13. The number of hydrogen-bond donors (Lipinski definition) is 1. The number of hydrogen-bond acceptors (Lipinski definition) is 5. The van der Waals surface area contributed by atoms with Crippen molar-refractivity contribution in [2.24, 2.45) is 5.92 Å². The number of ether oxygens (including phenoxy) is 2. The molecular formula is C23H30O6. The average molecular weight is 402 g/mol. The molecule has 0 aromatic carbocycles. The number of fused-ring (bicyclic) bond motifs is 5. The van der Waals surface area contributed by atoms with Crippen LogP contribution in [0.4, 0.5) is 0 Å². The van der Waals surface area contributed by atoms with E-state index in [1.54, 1.807) is 0 Å². The molecule has 3 heterocycles. The summed E-state index contributed by atoms with van der Waals surface area (Å²) in [6.45, 7) is 8.21. The van der Waals surface area contributed by atoms with Crippen molar-refractivity contribution in [3.63, 3.8) is 0 Å². The zero-order valence-electron chi connectivity index (χ0n) is 17.7. The Morgan fingerprint density at radius 1 is 1.14 bits per heavy atom. The quantitative estimate of drug-likeness (QED) is 0.570. The fourth-order valence-corrected chi connectivity index (χ4v) is 5.13. The van der Waals surface area contributed by atoms with Crippen molar-refractivity contribution < 1.29 is 28.6 Å². The summed E-state index contributed by atoms with van der Waals surface area (Å²) in [5.74, 6) is -1.56. The van der Waals surface area contributed by atoms with E-state index in [0.29, 0.717) is 5.58 Å². The average Bonchev–Trinajstić information content (AvgIpc) is 3.42. The third kappa shape index (κ3) is 3.03. The standard InChI is InChI=1S/C23H30O6/c1-5-9-13-14-15(18(27-13)12(3)4)20-17(16(21(24)25)19(14)28-20)22(26)29-23(6-2)10-7-8-11-23/h12-13,18H,5-11H2,1-4H3,(H,24,25). The van der Waals surface area contributed by atoms with Crippen LogP contribution < -0.4 is 0 Å². The highest BCUT2D eigenvalue weighted by atomic mass is 16.6. The minimum Gasteiger partial charge on any atom is -0.478 e. The first-order chi connectivity index (χ1) is 13.8. The molecule has 2 bridgehead atoms. The Labute approximate surface area is 170 Å². The number of benzene rings is 1. The van der Waals surface area contributed by atoms with E-state index in [1.807, 2.05) is 6.92 Å². The molecule has 6 heteroatoms. The molecule has 1 fully saturated rings. The van der Waals surface area contributed by atoms with E-state index >= 15 is 0 Å². The molecule has 2 aromatic heterocycles. The van der Waals surface area contributed by atoms with Gasteiger partial charge < -0.3 is 19.0 Å². The second-order valence-electron chi connectivity index (χ2n) is 8.85. The summed E-state index contributed by atoms with van der Waals surface area (Å²) in [6.07, 6.45) is 5.71. The molecule has 1 aliphatic heterocycles.